The Morgan fingerprint density at radius 2 is 1.89 bits per heavy atom. The molecule has 1 fully saturated rings. The van der Waals surface area contributed by atoms with Crippen LogP contribution in [0.25, 0.3) is 0 Å². The van der Waals surface area contributed by atoms with Crippen LogP contribution in [-0.4, -0.2) is 0 Å². The molecule has 2 heteroatoms. The van der Waals surface area contributed by atoms with Crippen LogP contribution >= 0.6 is 0 Å². The van der Waals surface area contributed by atoms with Crippen LogP contribution < -0.4 is 0 Å². The number of hydrogen-bond acceptors (Lipinski definition) is 0. The van der Waals surface area contributed by atoms with Crippen molar-refractivity contribution in [1.29, 1.82) is 0 Å². The molecular formula is C17H20F2. The average molecular weight is 262 g/mol. The van der Waals surface area contributed by atoms with Gasteiger partial charge in [-0.25, -0.2) is 8.78 Å². The quantitative estimate of drug-likeness (QED) is 0.663. The van der Waals surface area contributed by atoms with E-state index in [-0.39, 0.29) is 0 Å². The maximum absolute atomic E-state index is 13.4. The van der Waals surface area contributed by atoms with E-state index in [1.165, 1.54) is 37.8 Å². The first-order chi connectivity index (χ1) is 9.19. The predicted molar refractivity (Wildman–Crippen MR) is 73.6 cm³/mol. The van der Waals surface area contributed by atoms with Gasteiger partial charge < -0.3 is 0 Å². The van der Waals surface area contributed by atoms with Gasteiger partial charge in [0.2, 0.25) is 0 Å². The van der Waals surface area contributed by atoms with Crippen molar-refractivity contribution in [2.75, 3.05) is 0 Å². The lowest BCUT2D eigenvalue weighted by atomic mass is 9.80. The smallest absolute Gasteiger partial charge is 0.141 e. The first-order valence-corrected chi connectivity index (χ1v) is 7.15. The molecule has 102 valence electrons. The van der Waals surface area contributed by atoms with Gasteiger partial charge in [-0.1, -0.05) is 31.6 Å². The van der Waals surface area contributed by atoms with Gasteiger partial charge in [0, 0.05) is 12.0 Å². The Bertz CT molecular complexity index is 474. The van der Waals surface area contributed by atoms with Crippen LogP contribution in [0.4, 0.5) is 8.78 Å². The second-order valence-electron chi connectivity index (χ2n) is 5.40. The third-order valence-corrected chi connectivity index (χ3v) is 3.89. The Balaban J connectivity index is 1.94. The predicted octanol–water partition coefficient (Wildman–Crippen LogP) is 4.92. The lowest BCUT2D eigenvalue weighted by Crippen LogP contribution is -2.13. The van der Waals surface area contributed by atoms with Gasteiger partial charge in [-0.3, -0.25) is 0 Å². The summed E-state index contributed by atoms with van der Waals surface area (Å²) in [6, 6.07) is 3.56. The van der Waals surface area contributed by atoms with Crippen LogP contribution in [0.1, 0.15) is 51.0 Å². The van der Waals surface area contributed by atoms with Crippen LogP contribution in [0.2, 0.25) is 0 Å². The second-order valence-corrected chi connectivity index (χ2v) is 5.40. The van der Waals surface area contributed by atoms with Crippen LogP contribution in [0.3, 0.4) is 0 Å². The van der Waals surface area contributed by atoms with E-state index in [1.807, 2.05) is 0 Å². The highest BCUT2D eigenvalue weighted by molar-refractivity contribution is 5.36. The zero-order valence-electron chi connectivity index (χ0n) is 11.4. The highest BCUT2D eigenvalue weighted by Crippen LogP contribution is 2.31. The van der Waals surface area contributed by atoms with Crippen molar-refractivity contribution in [3.63, 3.8) is 0 Å². The molecule has 0 bridgehead atoms. The third kappa shape index (κ3) is 4.06. The molecule has 1 aliphatic carbocycles. The first kappa shape index (κ1) is 14.1. The number of benzene rings is 1. The Morgan fingerprint density at radius 1 is 1.16 bits per heavy atom. The minimum atomic E-state index is -0.563. The van der Waals surface area contributed by atoms with Crippen LogP contribution in [0.15, 0.2) is 18.2 Å². The molecule has 0 N–H and O–H groups in total. The molecule has 1 aromatic rings. The van der Waals surface area contributed by atoms with Crippen molar-refractivity contribution >= 4 is 0 Å². The highest BCUT2D eigenvalue weighted by atomic mass is 19.1. The van der Waals surface area contributed by atoms with Gasteiger partial charge in [0.25, 0.3) is 0 Å². The SMILES string of the molecule is CCC[C@H]1CC[C@H](C#Cc2ccc(F)cc2F)CC1. The maximum Gasteiger partial charge on any atom is 0.141 e. The molecule has 0 spiro atoms. The van der Waals surface area contributed by atoms with E-state index in [1.54, 1.807) is 0 Å². The molecule has 0 heterocycles. The Labute approximate surface area is 114 Å². The van der Waals surface area contributed by atoms with Gasteiger partial charge in [-0.15, -0.1) is 0 Å². The fourth-order valence-corrected chi connectivity index (χ4v) is 2.77. The molecule has 0 aliphatic heterocycles. The first-order valence-electron chi connectivity index (χ1n) is 7.15. The molecule has 19 heavy (non-hydrogen) atoms. The molecule has 0 amide bonds. The average Bonchev–Trinajstić information content (AvgIpc) is 2.40. The lowest BCUT2D eigenvalue weighted by Gasteiger charge is -2.25. The zero-order chi connectivity index (χ0) is 13.7. The molecule has 2 rings (SSSR count). The van der Waals surface area contributed by atoms with Crippen molar-refractivity contribution in [2.24, 2.45) is 11.8 Å². The van der Waals surface area contributed by atoms with Gasteiger partial charge in [-0.05, 0) is 43.7 Å². The minimum absolute atomic E-state index is 0.303. The third-order valence-electron chi connectivity index (χ3n) is 3.89. The Kier molecular flexibility index (Phi) is 4.96. The summed E-state index contributed by atoms with van der Waals surface area (Å²) in [5, 5.41) is 0. The Hall–Kier alpha value is -1.36. The molecule has 0 atom stereocenters. The van der Waals surface area contributed by atoms with Gasteiger partial charge in [0.1, 0.15) is 11.6 Å². The van der Waals surface area contributed by atoms with Crippen LogP contribution in [0, 0.1) is 35.3 Å². The summed E-state index contributed by atoms with van der Waals surface area (Å²) in [4.78, 5) is 0. The Morgan fingerprint density at radius 3 is 2.53 bits per heavy atom. The van der Waals surface area contributed by atoms with Gasteiger partial charge in [0.05, 0.1) is 5.56 Å². The number of halogens is 2. The fourth-order valence-electron chi connectivity index (χ4n) is 2.77. The lowest BCUT2D eigenvalue weighted by molar-refractivity contribution is 0.300. The summed E-state index contributed by atoms with van der Waals surface area (Å²) in [5.41, 5.74) is 0.303. The molecule has 0 unspecified atom stereocenters. The summed E-state index contributed by atoms with van der Waals surface area (Å²) in [7, 11) is 0. The van der Waals surface area contributed by atoms with E-state index in [0.717, 1.165) is 24.8 Å². The largest absolute Gasteiger partial charge is 0.207 e. The minimum Gasteiger partial charge on any atom is -0.207 e. The van der Waals surface area contributed by atoms with E-state index < -0.39 is 11.6 Å². The molecule has 0 saturated heterocycles. The zero-order valence-corrected chi connectivity index (χ0v) is 11.4. The van der Waals surface area contributed by atoms with Crippen LogP contribution in [-0.2, 0) is 0 Å². The molecule has 1 saturated carbocycles. The summed E-state index contributed by atoms with van der Waals surface area (Å²) in [5.74, 6) is 6.12. The van der Waals surface area contributed by atoms with E-state index >= 15 is 0 Å². The monoisotopic (exact) mass is 262 g/mol. The number of rotatable bonds is 2. The van der Waals surface area contributed by atoms with Crippen LogP contribution in [0.5, 0.6) is 0 Å². The van der Waals surface area contributed by atoms with Crippen molar-refractivity contribution < 1.29 is 8.78 Å². The summed E-state index contributed by atoms with van der Waals surface area (Å²) in [6.07, 6.45) is 7.26. The van der Waals surface area contributed by atoms with Crippen molar-refractivity contribution in [3.05, 3.63) is 35.4 Å². The van der Waals surface area contributed by atoms with Gasteiger partial charge >= 0.3 is 0 Å². The maximum atomic E-state index is 13.4. The summed E-state index contributed by atoms with van der Waals surface area (Å²) >= 11 is 0. The molecule has 1 aromatic carbocycles. The highest BCUT2D eigenvalue weighted by Gasteiger charge is 2.18. The van der Waals surface area contributed by atoms with Crippen molar-refractivity contribution in [1.82, 2.24) is 0 Å². The summed E-state index contributed by atoms with van der Waals surface area (Å²) < 4.78 is 26.2. The fraction of sp³-hybridized carbons (Fsp3) is 0.529. The van der Waals surface area contributed by atoms with Crippen molar-refractivity contribution in [3.8, 4) is 11.8 Å². The van der Waals surface area contributed by atoms with E-state index in [9.17, 15) is 8.78 Å². The molecule has 1 aliphatic rings. The van der Waals surface area contributed by atoms with Gasteiger partial charge in [-0.2, -0.15) is 0 Å². The second kappa shape index (κ2) is 6.70. The summed E-state index contributed by atoms with van der Waals surface area (Å²) in [6.45, 7) is 2.23. The van der Waals surface area contributed by atoms with E-state index in [4.69, 9.17) is 0 Å². The number of hydrogen-bond donors (Lipinski definition) is 0. The normalized spacial score (nSPS) is 22.7. The van der Waals surface area contributed by atoms with Crippen molar-refractivity contribution in [2.45, 2.75) is 45.4 Å². The van der Waals surface area contributed by atoms with E-state index in [2.05, 4.69) is 18.8 Å². The molecular weight excluding hydrogens is 242 g/mol. The standard InChI is InChI=1S/C17H20F2/c1-2-3-13-4-6-14(7-5-13)8-9-15-10-11-16(18)12-17(15)19/h10-14H,2-7H2,1H3/t13-,14-. The topological polar surface area (TPSA) is 0 Å². The van der Waals surface area contributed by atoms with E-state index in [0.29, 0.717) is 11.5 Å². The van der Waals surface area contributed by atoms with Gasteiger partial charge in [0.15, 0.2) is 0 Å². The molecule has 0 aromatic heterocycles. The molecule has 0 radical (unpaired) electrons. The molecule has 0 nitrogen and oxygen atoms in total.